The average molecular weight is 352 g/mol. The summed E-state index contributed by atoms with van der Waals surface area (Å²) in [6.45, 7) is 5.45. The second kappa shape index (κ2) is 9.64. The molecule has 1 saturated heterocycles. The van der Waals surface area contributed by atoms with E-state index in [1.54, 1.807) is 0 Å². The summed E-state index contributed by atoms with van der Waals surface area (Å²) in [4.78, 5) is 9.07. The second-order valence-electron chi connectivity index (χ2n) is 5.96. The van der Waals surface area contributed by atoms with Crippen LogP contribution in [0.3, 0.4) is 0 Å². The molecule has 0 spiro atoms. The fourth-order valence-corrected chi connectivity index (χ4v) is 3.00. The van der Waals surface area contributed by atoms with Crippen molar-refractivity contribution in [2.24, 2.45) is 5.92 Å². The fourth-order valence-electron chi connectivity index (χ4n) is 3.00. The van der Waals surface area contributed by atoms with Gasteiger partial charge in [-0.25, -0.2) is 9.97 Å². The Bertz CT molecular complexity index is 633. The van der Waals surface area contributed by atoms with Crippen molar-refractivity contribution in [2.45, 2.75) is 32.6 Å². The maximum absolute atomic E-state index is 5.87. The predicted molar refractivity (Wildman–Crippen MR) is 98.3 cm³/mol. The lowest BCUT2D eigenvalue weighted by molar-refractivity contribution is 0.243. The highest BCUT2D eigenvalue weighted by Crippen LogP contribution is 2.26. The number of hydrogen-bond donors (Lipinski definition) is 1. The van der Waals surface area contributed by atoms with Crippen molar-refractivity contribution >= 4 is 23.4 Å². The minimum absolute atomic E-state index is 0. The smallest absolute Gasteiger partial charge is 0.278 e. The van der Waals surface area contributed by atoms with E-state index >= 15 is 0 Å². The highest BCUT2D eigenvalue weighted by Gasteiger charge is 2.14. The van der Waals surface area contributed by atoms with Crippen molar-refractivity contribution in [3.8, 4) is 11.8 Å². The number of ether oxygens (including phenoxy) is 2. The first-order valence-electron chi connectivity index (χ1n) is 8.60. The van der Waals surface area contributed by atoms with Gasteiger partial charge in [-0.05, 0) is 63.7 Å². The van der Waals surface area contributed by atoms with E-state index in [2.05, 4.69) is 15.3 Å². The van der Waals surface area contributed by atoms with Crippen LogP contribution < -0.4 is 14.8 Å². The van der Waals surface area contributed by atoms with Crippen molar-refractivity contribution in [1.82, 2.24) is 15.3 Å². The van der Waals surface area contributed by atoms with Gasteiger partial charge in [-0.1, -0.05) is 12.1 Å². The molecular formula is C18H26ClN3O2. The molecule has 1 N–H and O–H groups in total. The minimum atomic E-state index is 0. The number of rotatable bonds is 7. The number of nitrogens with zero attached hydrogens (tertiary/aromatic N) is 2. The summed E-state index contributed by atoms with van der Waals surface area (Å²) in [7, 11) is 0. The second-order valence-corrected chi connectivity index (χ2v) is 5.96. The van der Waals surface area contributed by atoms with Crippen molar-refractivity contribution in [3.63, 3.8) is 0 Å². The number of hydrogen-bond acceptors (Lipinski definition) is 5. The normalized spacial score (nSPS) is 17.3. The topological polar surface area (TPSA) is 56.3 Å². The molecule has 0 amide bonds. The largest absolute Gasteiger partial charge is 0.474 e. The Morgan fingerprint density at radius 3 is 2.46 bits per heavy atom. The number of fused-ring (bicyclic) bond motifs is 1. The van der Waals surface area contributed by atoms with Crippen LogP contribution in [0.25, 0.3) is 11.0 Å². The molecule has 1 fully saturated rings. The average Bonchev–Trinajstić information content (AvgIpc) is 2.60. The van der Waals surface area contributed by atoms with E-state index in [9.17, 15) is 0 Å². The Morgan fingerprint density at radius 2 is 1.83 bits per heavy atom. The van der Waals surface area contributed by atoms with Crippen LogP contribution in [0.1, 0.15) is 32.6 Å². The van der Waals surface area contributed by atoms with Gasteiger partial charge in [0.2, 0.25) is 0 Å². The molecule has 0 aliphatic carbocycles. The third-order valence-electron chi connectivity index (χ3n) is 4.18. The lowest BCUT2D eigenvalue weighted by Gasteiger charge is -2.22. The Morgan fingerprint density at radius 1 is 1.12 bits per heavy atom. The zero-order valence-electron chi connectivity index (χ0n) is 14.2. The van der Waals surface area contributed by atoms with Crippen LogP contribution in [0.15, 0.2) is 24.3 Å². The minimum Gasteiger partial charge on any atom is -0.474 e. The van der Waals surface area contributed by atoms with E-state index in [1.807, 2.05) is 31.2 Å². The lowest BCUT2D eigenvalue weighted by Crippen LogP contribution is -2.29. The number of para-hydroxylation sites is 2. The highest BCUT2D eigenvalue weighted by molar-refractivity contribution is 5.85. The number of aromatic nitrogens is 2. The summed E-state index contributed by atoms with van der Waals surface area (Å²) < 4.78 is 11.5. The highest BCUT2D eigenvalue weighted by atomic mass is 35.5. The van der Waals surface area contributed by atoms with Crippen molar-refractivity contribution in [2.75, 3.05) is 26.3 Å². The summed E-state index contributed by atoms with van der Waals surface area (Å²) in [6.07, 6.45) is 4.84. The quantitative estimate of drug-likeness (QED) is 0.772. The van der Waals surface area contributed by atoms with Gasteiger partial charge in [0.1, 0.15) is 0 Å². The molecule has 0 bridgehead atoms. The molecule has 24 heavy (non-hydrogen) atoms. The van der Waals surface area contributed by atoms with Gasteiger partial charge >= 0.3 is 0 Å². The van der Waals surface area contributed by atoms with Gasteiger partial charge in [0.05, 0.1) is 24.2 Å². The molecule has 0 saturated carbocycles. The maximum Gasteiger partial charge on any atom is 0.278 e. The van der Waals surface area contributed by atoms with Gasteiger partial charge in [0.15, 0.2) is 0 Å². The Balaban J connectivity index is 0.00000208. The Labute approximate surface area is 149 Å². The van der Waals surface area contributed by atoms with Crippen LogP contribution in [-0.2, 0) is 0 Å². The molecule has 132 valence electrons. The summed E-state index contributed by atoms with van der Waals surface area (Å²) in [5, 5.41) is 3.46. The van der Waals surface area contributed by atoms with E-state index in [0.29, 0.717) is 25.0 Å². The molecular weight excluding hydrogens is 326 g/mol. The monoisotopic (exact) mass is 351 g/mol. The molecule has 5 nitrogen and oxygen atoms in total. The van der Waals surface area contributed by atoms with Gasteiger partial charge in [0, 0.05) is 0 Å². The molecule has 6 heteroatoms. The number of benzene rings is 1. The predicted octanol–water partition coefficient (Wildman–Crippen LogP) is 3.61. The van der Waals surface area contributed by atoms with Crippen LogP contribution in [0.4, 0.5) is 0 Å². The van der Waals surface area contributed by atoms with Gasteiger partial charge in [-0.15, -0.1) is 12.4 Å². The molecule has 2 heterocycles. The zero-order chi connectivity index (χ0) is 15.9. The van der Waals surface area contributed by atoms with Gasteiger partial charge in [0.25, 0.3) is 11.8 Å². The summed E-state index contributed by atoms with van der Waals surface area (Å²) >= 11 is 0. The van der Waals surface area contributed by atoms with Crippen molar-refractivity contribution < 1.29 is 9.47 Å². The number of halogens is 1. The van der Waals surface area contributed by atoms with E-state index in [4.69, 9.17) is 9.47 Å². The molecule has 2 aromatic rings. The van der Waals surface area contributed by atoms with E-state index < -0.39 is 0 Å². The van der Waals surface area contributed by atoms with E-state index in [-0.39, 0.29) is 12.4 Å². The van der Waals surface area contributed by atoms with Crippen molar-refractivity contribution in [3.05, 3.63) is 24.3 Å². The Kier molecular flexibility index (Phi) is 7.53. The summed E-state index contributed by atoms with van der Waals surface area (Å²) in [6, 6.07) is 7.78. The molecule has 1 aliphatic heterocycles. The SMILES string of the molecule is CCOc1nc2ccccc2nc1OCCCC1CCCNC1.Cl. The fraction of sp³-hybridized carbons (Fsp3) is 0.556. The van der Waals surface area contributed by atoms with Crippen LogP contribution in [0.2, 0.25) is 0 Å². The number of nitrogens with one attached hydrogen (secondary N) is 1. The first-order chi connectivity index (χ1) is 11.4. The number of piperidine rings is 1. The van der Waals surface area contributed by atoms with E-state index in [1.165, 1.54) is 19.3 Å². The van der Waals surface area contributed by atoms with Gasteiger partial charge < -0.3 is 14.8 Å². The lowest BCUT2D eigenvalue weighted by atomic mass is 9.95. The van der Waals surface area contributed by atoms with Crippen molar-refractivity contribution in [1.29, 1.82) is 0 Å². The first kappa shape index (κ1) is 18.7. The molecule has 1 unspecified atom stereocenters. The van der Waals surface area contributed by atoms with Gasteiger partial charge in [-0.3, -0.25) is 0 Å². The van der Waals surface area contributed by atoms with Crippen LogP contribution >= 0.6 is 12.4 Å². The Hall–Kier alpha value is -1.59. The molecule has 1 aliphatic rings. The maximum atomic E-state index is 5.87. The van der Waals surface area contributed by atoms with Crippen LogP contribution in [0.5, 0.6) is 11.8 Å². The molecule has 1 aromatic carbocycles. The standard InChI is InChI=1S/C18H25N3O2.ClH/c1-2-22-17-18(21-16-10-4-3-9-15(16)20-17)23-12-6-8-14-7-5-11-19-13-14;/h3-4,9-10,14,19H,2,5-8,11-13H2,1H3;1H. The first-order valence-corrected chi connectivity index (χ1v) is 8.60. The third kappa shape index (κ3) is 4.95. The molecule has 1 atom stereocenters. The molecule has 0 radical (unpaired) electrons. The molecule has 1 aromatic heterocycles. The zero-order valence-corrected chi connectivity index (χ0v) is 15.0. The summed E-state index contributed by atoms with van der Waals surface area (Å²) in [5.74, 6) is 1.78. The van der Waals surface area contributed by atoms with Crippen LogP contribution in [-0.4, -0.2) is 36.3 Å². The van der Waals surface area contributed by atoms with Crippen LogP contribution in [0, 0.1) is 5.92 Å². The third-order valence-corrected chi connectivity index (χ3v) is 4.18. The molecule has 3 rings (SSSR count). The van der Waals surface area contributed by atoms with E-state index in [0.717, 1.165) is 36.5 Å². The van der Waals surface area contributed by atoms with Gasteiger partial charge in [-0.2, -0.15) is 0 Å². The summed E-state index contributed by atoms with van der Waals surface area (Å²) in [5.41, 5.74) is 1.67.